The number of carbonyl (C=O) groups is 1. The molecule has 98 valence electrons. The van der Waals surface area contributed by atoms with Gasteiger partial charge in [-0.1, -0.05) is 27.5 Å². The van der Waals surface area contributed by atoms with Gasteiger partial charge in [-0.3, -0.25) is 4.79 Å². The Morgan fingerprint density at radius 3 is 2.63 bits per heavy atom. The van der Waals surface area contributed by atoms with Crippen molar-refractivity contribution in [3.63, 3.8) is 0 Å². The molecule has 0 fully saturated rings. The van der Waals surface area contributed by atoms with Gasteiger partial charge >= 0.3 is 0 Å². The number of aryl methyl sites for hydroxylation is 1. The Hall–Kier alpha value is -1.17. The van der Waals surface area contributed by atoms with E-state index >= 15 is 0 Å². The highest BCUT2D eigenvalue weighted by atomic mass is 79.9. The Morgan fingerprint density at radius 1 is 1.26 bits per heavy atom. The first-order valence-electron chi connectivity index (χ1n) is 5.23. The van der Waals surface area contributed by atoms with Gasteiger partial charge in [0.05, 0.1) is 10.7 Å². The van der Waals surface area contributed by atoms with Crippen molar-refractivity contribution in [1.29, 1.82) is 0 Å². The van der Waals surface area contributed by atoms with Crippen molar-refractivity contribution in [2.24, 2.45) is 0 Å². The van der Waals surface area contributed by atoms with Crippen molar-refractivity contribution >= 4 is 50.7 Å². The van der Waals surface area contributed by atoms with E-state index in [-0.39, 0.29) is 11.0 Å². The van der Waals surface area contributed by atoms with Gasteiger partial charge in [-0.2, -0.15) is 0 Å². The Kier molecular flexibility index (Phi) is 4.39. The van der Waals surface area contributed by atoms with Gasteiger partial charge in [0, 0.05) is 10.2 Å². The van der Waals surface area contributed by atoms with Crippen molar-refractivity contribution in [3.05, 3.63) is 50.4 Å². The van der Waals surface area contributed by atoms with Gasteiger partial charge in [-0.25, -0.2) is 9.97 Å². The number of hydrogen-bond donors (Lipinski definition) is 1. The van der Waals surface area contributed by atoms with Crippen LogP contribution in [0, 0.1) is 6.92 Å². The minimum Gasteiger partial charge on any atom is -0.319 e. The topological polar surface area (TPSA) is 54.9 Å². The lowest BCUT2D eigenvalue weighted by Crippen LogP contribution is -2.14. The highest BCUT2D eigenvalue weighted by Crippen LogP contribution is 2.26. The van der Waals surface area contributed by atoms with Crippen molar-refractivity contribution < 1.29 is 4.79 Å². The number of benzene rings is 1. The molecule has 2 aromatic rings. The Balaban J connectivity index is 2.25. The number of halogens is 3. The van der Waals surface area contributed by atoms with E-state index in [2.05, 4.69) is 31.2 Å². The van der Waals surface area contributed by atoms with Crippen molar-refractivity contribution in [2.75, 3.05) is 5.32 Å². The number of nitrogens with zero attached hydrogens (tertiary/aromatic N) is 2. The maximum atomic E-state index is 12.0. The second-order valence-electron chi connectivity index (χ2n) is 3.74. The molecular weight excluding hydrogens is 353 g/mol. The number of carbonyl (C=O) groups excluding carboxylic acids is 1. The number of anilines is 1. The first-order valence-corrected chi connectivity index (χ1v) is 6.78. The number of aromatic nitrogens is 2. The van der Waals surface area contributed by atoms with Gasteiger partial charge in [-0.15, -0.1) is 0 Å². The molecule has 2 rings (SSSR count). The average molecular weight is 361 g/mol. The third-order valence-electron chi connectivity index (χ3n) is 2.24. The summed E-state index contributed by atoms with van der Waals surface area (Å²) in [4.78, 5) is 19.8. The molecule has 0 spiro atoms. The van der Waals surface area contributed by atoms with Gasteiger partial charge in [0.1, 0.15) is 5.69 Å². The van der Waals surface area contributed by atoms with Crippen LogP contribution in [-0.4, -0.2) is 15.9 Å². The summed E-state index contributed by atoms with van der Waals surface area (Å²) in [6.45, 7) is 1.73. The van der Waals surface area contributed by atoms with Crippen LogP contribution in [0.2, 0.25) is 10.3 Å². The molecule has 0 aliphatic rings. The van der Waals surface area contributed by atoms with Crippen LogP contribution in [0.3, 0.4) is 0 Å². The summed E-state index contributed by atoms with van der Waals surface area (Å²) in [6, 6.07) is 6.71. The van der Waals surface area contributed by atoms with E-state index in [1.54, 1.807) is 31.2 Å². The van der Waals surface area contributed by atoms with Gasteiger partial charge < -0.3 is 5.32 Å². The van der Waals surface area contributed by atoms with Gasteiger partial charge in [0.15, 0.2) is 0 Å². The van der Waals surface area contributed by atoms with Crippen LogP contribution in [-0.2, 0) is 0 Å². The SMILES string of the molecule is Cc1cc(C(=O)Nc2ccc(Br)cc2Cl)nc(Cl)n1. The third-order valence-corrected chi connectivity index (χ3v) is 3.21. The van der Waals surface area contributed by atoms with Crippen LogP contribution in [0.1, 0.15) is 16.2 Å². The number of amides is 1. The van der Waals surface area contributed by atoms with E-state index in [0.29, 0.717) is 16.4 Å². The molecule has 1 heterocycles. The molecule has 7 heteroatoms. The third kappa shape index (κ3) is 3.65. The first-order chi connectivity index (χ1) is 8.95. The Bertz CT molecular complexity index is 629. The molecule has 0 aliphatic heterocycles. The van der Waals surface area contributed by atoms with E-state index in [1.165, 1.54) is 0 Å². The molecular formula is C12H8BrCl2N3O. The standard InChI is InChI=1S/C12H8BrCl2N3O/c1-6-4-10(18-12(15)16-6)11(19)17-9-3-2-7(13)5-8(9)14/h2-5H,1H3,(H,17,19). The molecule has 0 atom stereocenters. The molecule has 1 aromatic carbocycles. The minimum absolute atomic E-state index is 0.0343. The summed E-state index contributed by atoms with van der Waals surface area (Å²) in [5.41, 5.74) is 1.31. The normalized spacial score (nSPS) is 10.3. The van der Waals surface area contributed by atoms with Crippen molar-refractivity contribution in [3.8, 4) is 0 Å². The fraction of sp³-hybridized carbons (Fsp3) is 0.0833. The van der Waals surface area contributed by atoms with Gasteiger partial charge in [0.2, 0.25) is 5.28 Å². The second-order valence-corrected chi connectivity index (χ2v) is 5.40. The van der Waals surface area contributed by atoms with Crippen LogP contribution < -0.4 is 5.32 Å². The van der Waals surface area contributed by atoms with E-state index in [4.69, 9.17) is 23.2 Å². The van der Waals surface area contributed by atoms with E-state index in [9.17, 15) is 4.79 Å². The molecule has 1 aromatic heterocycles. The number of rotatable bonds is 2. The number of nitrogens with one attached hydrogen (secondary N) is 1. The summed E-state index contributed by atoms with van der Waals surface area (Å²) >= 11 is 15.0. The zero-order valence-corrected chi connectivity index (χ0v) is 12.8. The van der Waals surface area contributed by atoms with Crippen LogP contribution in [0.15, 0.2) is 28.7 Å². The molecule has 0 radical (unpaired) electrons. The van der Waals surface area contributed by atoms with Gasteiger partial charge in [-0.05, 0) is 42.8 Å². The summed E-state index contributed by atoms with van der Waals surface area (Å²) < 4.78 is 0.830. The van der Waals surface area contributed by atoms with Crippen molar-refractivity contribution in [2.45, 2.75) is 6.92 Å². The minimum atomic E-state index is -0.392. The molecule has 0 saturated carbocycles. The maximum absolute atomic E-state index is 12.0. The van der Waals surface area contributed by atoms with E-state index < -0.39 is 5.91 Å². The predicted octanol–water partition coefficient (Wildman–Crippen LogP) is 4.11. The van der Waals surface area contributed by atoms with Crippen LogP contribution in [0.5, 0.6) is 0 Å². The first kappa shape index (κ1) is 14.2. The molecule has 4 nitrogen and oxygen atoms in total. The maximum Gasteiger partial charge on any atom is 0.274 e. The summed E-state index contributed by atoms with van der Waals surface area (Å²) in [6.07, 6.45) is 0. The molecule has 0 saturated heterocycles. The van der Waals surface area contributed by atoms with Gasteiger partial charge in [0.25, 0.3) is 5.91 Å². The quantitative estimate of drug-likeness (QED) is 0.820. The molecule has 0 bridgehead atoms. The highest BCUT2D eigenvalue weighted by Gasteiger charge is 2.12. The summed E-state index contributed by atoms with van der Waals surface area (Å²) in [5, 5.41) is 3.13. The lowest BCUT2D eigenvalue weighted by atomic mass is 10.3. The van der Waals surface area contributed by atoms with Crippen LogP contribution >= 0.6 is 39.1 Å². The Morgan fingerprint density at radius 2 is 2.00 bits per heavy atom. The summed E-state index contributed by atoms with van der Waals surface area (Å²) in [7, 11) is 0. The van der Waals surface area contributed by atoms with E-state index in [0.717, 1.165) is 4.47 Å². The zero-order chi connectivity index (χ0) is 14.0. The smallest absolute Gasteiger partial charge is 0.274 e. The Labute approximate surface area is 128 Å². The lowest BCUT2D eigenvalue weighted by molar-refractivity contribution is 0.102. The average Bonchev–Trinajstić information content (AvgIpc) is 2.31. The fourth-order valence-electron chi connectivity index (χ4n) is 1.43. The monoisotopic (exact) mass is 359 g/mol. The zero-order valence-electron chi connectivity index (χ0n) is 9.75. The fourth-order valence-corrected chi connectivity index (χ4v) is 2.37. The molecule has 19 heavy (non-hydrogen) atoms. The van der Waals surface area contributed by atoms with Crippen molar-refractivity contribution in [1.82, 2.24) is 9.97 Å². The number of hydrogen-bond acceptors (Lipinski definition) is 3. The van der Waals surface area contributed by atoms with Crippen LogP contribution in [0.4, 0.5) is 5.69 Å². The summed E-state index contributed by atoms with van der Waals surface area (Å²) in [5.74, 6) is -0.392. The van der Waals surface area contributed by atoms with Crippen LogP contribution in [0.25, 0.3) is 0 Å². The molecule has 0 unspecified atom stereocenters. The predicted molar refractivity (Wildman–Crippen MR) is 78.9 cm³/mol. The highest BCUT2D eigenvalue weighted by molar-refractivity contribution is 9.10. The largest absolute Gasteiger partial charge is 0.319 e. The lowest BCUT2D eigenvalue weighted by Gasteiger charge is -2.07. The molecule has 1 N–H and O–H groups in total. The molecule has 1 amide bonds. The molecule has 0 aliphatic carbocycles. The second kappa shape index (κ2) is 5.86. The van der Waals surface area contributed by atoms with E-state index in [1.807, 2.05) is 0 Å².